The van der Waals surface area contributed by atoms with Gasteiger partial charge in [-0.1, -0.05) is 37.6 Å². The monoisotopic (exact) mass is 266 g/mol. The summed E-state index contributed by atoms with van der Waals surface area (Å²) >= 11 is 5.95. The minimum atomic E-state index is 0.438. The van der Waals surface area contributed by atoms with Gasteiger partial charge in [-0.05, 0) is 49.5 Å². The number of piperidine rings is 1. The maximum atomic E-state index is 5.95. The third-order valence-electron chi connectivity index (χ3n) is 3.88. The Balaban J connectivity index is 2.02. The van der Waals surface area contributed by atoms with Crippen LogP contribution in [0.5, 0.6) is 0 Å². The van der Waals surface area contributed by atoms with Gasteiger partial charge in [0.25, 0.3) is 0 Å². The van der Waals surface area contributed by atoms with Crippen molar-refractivity contribution in [3.05, 3.63) is 34.9 Å². The van der Waals surface area contributed by atoms with E-state index in [2.05, 4.69) is 36.6 Å². The second kappa shape index (κ2) is 6.55. The zero-order valence-corrected chi connectivity index (χ0v) is 12.0. The Bertz CT molecular complexity index is 363. The molecule has 0 amide bonds. The molecule has 3 unspecified atom stereocenters. The van der Waals surface area contributed by atoms with Crippen molar-refractivity contribution in [3.8, 4) is 0 Å². The molecule has 1 fully saturated rings. The molecule has 0 aliphatic carbocycles. The van der Waals surface area contributed by atoms with Crippen LogP contribution in [0.4, 0.5) is 0 Å². The van der Waals surface area contributed by atoms with Crippen LogP contribution in [0.15, 0.2) is 24.3 Å². The Morgan fingerprint density at radius 2 is 2.11 bits per heavy atom. The molecule has 0 radical (unpaired) electrons. The first kappa shape index (κ1) is 13.9. The quantitative estimate of drug-likeness (QED) is 0.873. The average molecular weight is 267 g/mol. The van der Waals surface area contributed by atoms with Gasteiger partial charge in [0, 0.05) is 17.1 Å². The molecular formula is C15H23ClN2. The Hall–Kier alpha value is -0.570. The van der Waals surface area contributed by atoms with Crippen molar-refractivity contribution in [1.29, 1.82) is 0 Å². The van der Waals surface area contributed by atoms with E-state index in [-0.39, 0.29) is 0 Å². The van der Waals surface area contributed by atoms with Crippen molar-refractivity contribution in [2.45, 2.75) is 38.8 Å². The summed E-state index contributed by atoms with van der Waals surface area (Å²) in [6.45, 7) is 6.80. The third-order valence-corrected chi connectivity index (χ3v) is 4.13. The summed E-state index contributed by atoms with van der Waals surface area (Å²) in [7, 11) is 0. The highest BCUT2D eigenvalue weighted by molar-refractivity contribution is 6.30. The number of halogens is 1. The van der Waals surface area contributed by atoms with Crippen LogP contribution in [0.1, 0.15) is 38.3 Å². The molecule has 1 heterocycles. The molecule has 1 aromatic carbocycles. The third kappa shape index (κ3) is 3.47. The molecule has 3 heteroatoms. The van der Waals surface area contributed by atoms with E-state index in [1.807, 2.05) is 12.1 Å². The molecule has 1 aliphatic rings. The molecule has 1 aliphatic heterocycles. The highest BCUT2D eigenvalue weighted by Crippen LogP contribution is 2.22. The molecule has 1 aromatic rings. The van der Waals surface area contributed by atoms with E-state index < -0.39 is 0 Å². The van der Waals surface area contributed by atoms with Crippen molar-refractivity contribution >= 4 is 11.6 Å². The zero-order chi connectivity index (χ0) is 13.0. The number of hydrogen-bond donors (Lipinski definition) is 2. The maximum absolute atomic E-state index is 5.95. The van der Waals surface area contributed by atoms with Crippen LogP contribution in [-0.2, 0) is 0 Å². The SMILES string of the molecule is CCC(NC1CCNCC1C)c1ccc(Cl)cc1. The van der Waals surface area contributed by atoms with E-state index in [0.717, 1.165) is 24.5 Å². The van der Waals surface area contributed by atoms with Gasteiger partial charge in [0.05, 0.1) is 0 Å². The summed E-state index contributed by atoms with van der Waals surface area (Å²) in [5.41, 5.74) is 1.34. The van der Waals surface area contributed by atoms with Gasteiger partial charge in [-0.3, -0.25) is 0 Å². The van der Waals surface area contributed by atoms with Crippen molar-refractivity contribution in [1.82, 2.24) is 10.6 Å². The standard InChI is InChI=1S/C15H23ClN2/c1-3-14(12-4-6-13(16)7-5-12)18-15-8-9-17-10-11(15)2/h4-7,11,14-15,17-18H,3,8-10H2,1-2H3. The molecule has 100 valence electrons. The lowest BCUT2D eigenvalue weighted by Gasteiger charge is -2.33. The van der Waals surface area contributed by atoms with Crippen molar-refractivity contribution < 1.29 is 0 Å². The average Bonchev–Trinajstić information content (AvgIpc) is 2.39. The number of nitrogens with one attached hydrogen (secondary N) is 2. The summed E-state index contributed by atoms with van der Waals surface area (Å²) in [6.07, 6.45) is 2.32. The van der Waals surface area contributed by atoms with Gasteiger partial charge in [-0.15, -0.1) is 0 Å². The fraction of sp³-hybridized carbons (Fsp3) is 0.600. The van der Waals surface area contributed by atoms with E-state index in [1.165, 1.54) is 12.0 Å². The van der Waals surface area contributed by atoms with Crippen LogP contribution in [-0.4, -0.2) is 19.1 Å². The lowest BCUT2D eigenvalue weighted by atomic mass is 9.93. The molecule has 0 aromatic heterocycles. The highest BCUT2D eigenvalue weighted by atomic mass is 35.5. The Morgan fingerprint density at radius 3 is 2.72 bits per heavy atom. The summed E-state index contributed by atoms with van der Waals surface area (Å²) in [5.74, 6) is 0.695. The molecule has 18 heavy (non-hydrogen) atoms. The smallest absolute Gasteiger partial charge is 0.0406 e. The van der Waals surface area contributed by atoms with Gasteiger partial charge >= 0.3 is 0 Å². The van der Waals surface area contributed by atoms with Crippen LogP contribution in [0.3, 0.4) is 0 Å². The van der Waals surface area contributed by atoms with E-state index >= 15 is 0 Å². The number of rotatable bonds is 4. The normalized spacial score (nSPS) is 25.9. The zero-order valence-electron chi connectivity index (χ0n) is 11.2. The van der Waals surface area contributed by atoms with Crippen molar-refractivity contribution in [2.24, 2.45) is 5.92 Å². The first-order valence-corrected chi connectivity index (χ1v) is 7.30. The van der Waals surface area contributed by atoms with Gasteiger partial charge in [-0.2, -0.15) is 0 Å². The molecule has 0 bridgehead atoms. The van der Waals surface area contributed by atoms with Gasteiger partial charge < -0.3 is 10.6 Å². The van der Waals surface area contributed by atoms with Gasteiger partial charge in [0.15, 0.2) is 0 Å². The predicted molar refractivity (Wildman–Crippen MR) is 78.1 cm³/mol. The van der Waals surface area contributed by atoms with Crippen molar-refractivity contribution in [2.75, 3.05) is 13.1 Å². The largest absolute Gasteiger partial charge is 0.316 e. The fourth-order valence-corrected chi connectivity index (χ4v) is 2.79. The van der Waals surface area contributed by atoms with E-state index in [1.54, 1.807) is 0 Å². The van der Waals surface area contributed by atoms with Crippen LogP contribution in [0.25, 0.3) is 0 Å². The van der Waals surface area contributed by atoms with Gasteiger partial charge in [-0.25, -0.2) is 0 Å². The number of hydrogen-bond acceptors (Lipinski definition) is 2. The molecule has 3 atom stereocenters. The minimum Gasteiger partial charge on any atom is -0.316 e. The summed E-state index contributed by atoms with van der Waals surface area (Å²) < 4.78 is 0. The second-order valence-corrected chi connectivity index (χ2v) is 5.69. The molecule has 1 saturated heterocycles. The highest BCUT2D eigenvalue weighted by Gasteiger charge is 2.23. The molecule has 0 saturated carbocycles. The van der Waals surface area contributed by atoms with Crippen LogP contribution >= 0.6 is 11.6 Å². The van der Waals surface area contributed by atoms with Gasteiger partial charge in [0.2, 0.25) is 0 Å². The topological polar surface area (TPSA) is 24.1 Å². The molecule has 2 nitrogen and oxygen atoms in total. The minimum absolute atomic E-state index is 0.438. The van der Waals surface area contributed by atoms with Crippen LogP contribution < -0.4 is 10.6 Å². The fourth-order valence-electron chi connectivity index (χ4n) is 2.66. The number of benzene rings is 1. The molecule has 2 N–H and O–H groups in total. The van der Waals surface area contributed by atoms with Crippen LogP contribution in [0, 0.1) is 5.92 Å². The van der Waals surface area contributed by atoms with E-state index in [4.69, 9.17) is 11.6 Å². The molecule has 2 rings (SSSR count). The Morgan fingerprint density at radius 1 is 1.39 bits per heavy atom. The van der Waals surface area contributed by atoms with Crippen LogP contribution in [0.2, 0.25) is 5.02 Å². The van der Waals surface area contributed by atoms with Crippen molar-refractivity contribution in [3.63, 3.8) is 0 Å². The summed E-state index contributed by atoms with van der Waals surface area (Å²) in [4.78, 5) is 0. The van der Waals surface area contributed by atoms with E-state index in [9.17, 15) is 0 Å². The summed E-state index contributed by atoms with van der Waals surface area (Å²) in [6, 6.07) is 9.28. The van der Waals surface area contributed by atoms with Gasteiger partial charge in [0.1, 0.15) is 0 Å². The first-order chi connectivity index (χ1) is 8.70. The van der Waals surface area contributed by atoms with E-state index in [0.29, 0.717) is 18.0 Å². The Kier molecular flexibility index (Phi) is 5.04. The Labute approximate surface area is 115 Å². The first-order valence-electron chi connectivity index (χ1n) is 6.93. The lowest BCUT2D eigenvalue weighted by Crippen LogP contribution is -2.47. The molecular weight excluding hydrogens is 244 g/mol. The lowest BCUT2D eigenvalue weighted by molar-refractivity contribution is 0.270. The second-order valence-electron chi connectivity index (χ2n) is 5.26. The molecule has 0 spiro atoms. The predicted octanol–water partition coefficient (Wildman–Crippen LogP) is 3.38. The maximum Gasteiger partial charge on any atom is 0.0406 e. The summed E-state index contributed by atoms with van der Waals surface area (Å²) in [5, 5.41) is 8.06.